The number of hydrogen-bond donors (Lipinski definition) is 2. The van der Waals surface area contributed by atoms with Gasteiger partial charge in [-0.1, -0.05) is 11.6 Å². The lowest BCUT2D eigenvalue weighted by Gasteiger charge is -2.29. The number of carbonyl (C=O) groups is 1. The van der Waals surface area contributed by atoms with Crippen LogP contribution >= 0.6 is 0 Å². The largest absolute Gasteiger partial charge is 0.305 e. The van der Waals surface area contributed by atoms with E-state index < -0.39 is 10.0 Å². The highest BCUT2D eigenvalue weighted by Crippen LogP contribution is 2.30. The molecule has 7 nitrogen and oxygen atoms in total. The van der Waals surface area contributed by atoms with E-state index in [1.165, 1.54) is 16.6 Å². The first-order valence-corrected chi connectivity index (χ1v) is 11.3. The summed E-state index contributed by atoms with van der Waals surface area (Å²) in [7, 11) is -3.36. The number of nitrogens with one attached hydrogen (secondary N) is 2. The number of aromatic nitrogens is 2. The zero-order chi connectivity index (χ0) is 21.5. The molecule has 0 saturated heterocycles. The lowest BCUT2D eigenvalue weighted by molar-refractivity contribution is 0.102. The molecule has 3 aromatic rings. The van der Waals surface area contributed by atoms with Gasteiger partial charge >= 0.3 is 0 Å². The van der Waals surface area contributed by atoms with E-state index >= 15 is 0 Å². The fourth-order valence-corrected chi connectivity index (χ4v) is 4.60. The average molecular weight is 428 g/mol. The van der Waals surface area contributed by atoms with Gasteiger partial charge in [0.1, 0.15) is 5.82 Å². The SMILES string of the molecule is Cc1ccc(F)c(-c2cc(NC(=O)c3ccc4c(c3)CCCN4S(C)(=O)=O)n[nH]2)c1. The van der Waals surface area contributed by atoms with Crippen molar-refractivity contribution in [2.75, 3.05) is 22.4 Å². The number of aromatic amines is 1. The Balaban J connectivity index is 1.55. The third-order valence-electron chi connectivity index (χ3n) is 5.05. The maximum absolute atomic E-state index is 14.1. The number of carbonyl (C=O) groups excluding carboxylic acids is 1. The van der Waals surface area contributed by atoms with Gasteiger partial charge in [0, 0.05) is 23.7 Å². The number of aryl methyl sites for hydroxylation is 2. The number of anilines is 2. The van der Waals surface area contributed by atoms with Crippen molar-refractivity contribution in [2.24, 2.45) is 0 Å². The van der Waals surface area contributed by atoms with E-state index in [9.17, 15) is 17.6 Å². The van der Waals surface area contributed by atoms with Crippen molar-refractivity contribution in [1.82, 2.24) is 10.2 Å². The lowest BCUT2D eigenvalue weighted by atomic mass is 10.0. The topological polar surface area (TPSA) is 95.2 Å². The molecular formula is C21H21FN4O3S. The predicted octanol–water partition coefficient (Wildman–Crippen LogP) is 3.49. The summed E-state index contributed by atoms with van der Waals surface area (Å²) in [5.41, 5.74) is 3.55. The van der Waals surface area contributed by atoms with E-state index in [1.807, 2.05) is 6.92 Å². The Morgan fingerprint density at radius 2 is 2.00 bits per heavy atom. The van der Waals surface area contributed by atoms with Gasteiger partial charge in [-0.3, -0.25) is 14.2 Å². The molecule has 0 unspecified atom stereocenters. The van der Waals surface area contributed by atoms with Crippen molar-refractivity contribution in [2.45, 2.75) is 19.8 Å². The molecule has 1 amide bonds. The summed E-state index contributed by atoms with van der Waals surface area (Å²) in [4.78, 5) is 12.7. The van der Waals surface area contributed by atoms with Gasteiger partial charge in [-0.25, -0.2) is 12.8 Å². The third kappa shape index (κ3) is 3.93. The van der Waals surface area contributed by atoms with Gasteiger partial charge in [0.2, 0.25) is 10.0 Å². The molecule has 0 saturated carbocycles. The summed E-state index contributed by atoms with van der Waals surface area (Å²) in [6, 6.07) is 11.3. The summed E-state index contributed by atoms with van der Waals surface area (Å²) in [5.74, 6) is -0.490. The van der Waals surface area contributed by atoms with E-state index in [-0.39, 0.29) is 17.5 Å². The van der Waals surface area contributed by atoms with Crippen LogP contribution in [0.15, 0.2) is 42.5 Å². The first-order chi connectivity index (χ1) is 14.2. The molecule has 0 atom stereocenters. The third-order valence-corrected chi connectivity index (χ3v) is 6.23. The van der Waals surface area contributed by atoms with Crippen molar-refractivity contribution in [3.05, 3.63) is 65.0 Å². The fraction of sp³-hybridized carbons (Fsp3) is 0.238. The lowest BCUT2D eigenvalue weighted by Crippen LogP contribution is -2.34. The summed E-state index contributed by atoms with van der Waals surface area (Å²) >= 11 is 0. The monoisotopic (exact) mass is 428 g/mol. The van der Waals surface area contributed by atoms with Crippen LogP contribution in [0, 0.1) is 12.7 Å². The second-order valence-electron chi connectivity index (χ2n) is 7.39. The molecule has 1 aliphatic heterocycles. The molecule has 0 aliphatic carbocycles. The zero-order valence-electron chi connectivity index (χ0n) is 16.6. The number of halogens is 1. The van der Waals surface area contributed by atoms with E-state index in [0.29, 0.717) is 41.9 Å². The van der Waals surface area contributed by atoms with Crippen LogP contribution in [0.25, 0.3) is 11.3 Å². The van der Waals surface area contributed by atoms with Crippen LogP contribution in [0.2, 0.25) is 0 Å². The quantitative estimate of drug-likeness (QED) is 0.665. The molecule has 0 spiro atoms. The maximum atomic E-state index is 14.1. The zero-order valence-corrected chi connectivity index (χ0v) is 17.4. The first kappa shape index (κ1) is 20.1. The number of nitrogens with zero attached hydrogens (tertiary/aromatic N) is 2. The van der Waals surface area contributed by atoms with Crippen LogP contribution in [0.4, 0.5) is 15.9 Å². The van der Waals surface area contributed by atoms with Gasteiger partial charge < -0.3 is 5.32 Å². The molecule has 30 heavy (non-hydrogen) atoms. The summed E-state index contributed by atoms with van der Waals surface area (Å²) in [5, 5.41) is 9.49. The van der Waals surface area contributed by atoms with Gasteiger partial charge in [0.05, 0.1) is 17.6 Å². The van der Waals surface area contributed by atoms with Crippen molar-refractivity contribution >= 4 is 27.4 Å². The number of fused-ring (bicyclic) bond motifs is 1. The van der Waals surface area contributed by atoms with Crippen molar-refractivity contribution in [3.63, 3.8) is 0 Å². The molecule has 0 fully saturated rings. The number of benzene rings is 2. The molecule has 0 bridgehead atoms. The number of amides is 1. The molecular weight excluding hydrogens is 407 g/mol. The smallest absolute Gasteiger partial charge is 0.256 e. The van der Waals surface area contributed by atoms with Gasteiger partial charge in [-0.05, 0) is 55.7 Å². The number of H-pyrrole nitrogens is 1. The second kappa shape index (κ2) is 7.56. The number of hydrogen-bond acceptors (Lipinski definition) is 4. The molecule has 156 valence electrons. The molecule has 0 radical (unpaired) electrons. The Kier molecular flexibility index (Phi) is 5.07. The Morgan fingerprint density at radius 3 is 2.77 bits per heavy atom. The predicted molar refractivity (Wildman–Crippen MR) is 114 cm³/mol. The summed E-state index contributed by atoms with van der Waals surface area (Å²) in [6.45, 7) is 2.30. The second-order valence-corrected chi connectivity index (χ2v) is 9.29. The molecule has 9 heteroatoms. The standard InChI is InChI=1S/C21H21FN4O3S/c1-13-5-7-17(22)16(10-13)18-12-20(25-24-18)23-21(27)15-6-8-19-14(11-15)4-3-9-26(19)30(2,28)29/h5-8,10-12H,3-4,9H2,1-2H3,(H2,23,24,25,27). The Labute approximate surface area is 174 Å². The molecule has 1 aliphatic rings. The summed E-state index contributed by atoms with van der Waals surface area (Å²) < 4.78 is 39.4. The highest BCUT2D eigenvalue weighted by molar-refractivity contribution is 7.92. The highest BCUT2D eigenvalue weighted by atomic mass is 32.2. The molecule has 4 rings (SSSR count). The van der Waals surface area contributed by atoms with Gasteiger partial charge in [0.25, 0.3) is 5.91 Å². The van der Waals surface area contributed by atoms with Crippen LogP contribution in [0.3, 0.4) is 0 Å². The van der Waals surface area contributed by atoms with Gasteiger partial charge in [-0.2, -0.15) is 5.10 Å². The Hall–Kier alpha value is -3.20. The van der Waals surface area contributed by atoms with Gasteiger partial charge in [0.15, 0.2) is 5.82 Å². The van der Waals surface area contributed by atoms with Crippen molar-refractivity contribution in [1.29, 1.82) is 0 Å². The molecule has 2 N–H and O–H groups in total. The Bertz CT molecular complexity index is 1240. The minimum atomic E-state index is -3.36. The first-order valence-electron chi connectivity index (χ1n) is 9.46. The van der Waals surface area contributed by atoms with Gasteiger partial charge in [-0.15, -0.1) is 0 Å². The van der Waals surface area contributed by atoms with Crippen LogP contribution in [-0.2, 0) is 16.4 Å². The van der Waals surface area contributed by atoms with Crippen molar-refractivity contribution < 1.29 is 17.6 Å². The number of sulfonamides is 1. The van der Waals surface area contributed by atoms with Crippen LogP contribution in [0.1, 0.15) is 27.9 Å². The van der Waals surface area contributed by atoms with Crippen LogP contribution in [-0.4, -0.2) is 37.3 Å². The normalized spacial score (nSPS) is 13.8. The molecule has 2 heterocycles. The van der Waals surface area contributed by atoms with E-state index in [0.717, 1.165) is 11.1 Å². The average Bonchev–Trinajstić information content (AvgIpc) is 3.16. The molecule has 1 aromatic heterocycles. The molecule has 2 aromatic carbocycles. The van der Waals surface area contributed by atoms with Crippen LogP contribution < -0.4 is 9.62 Å². The van der Waals surface area contributed by atoms with E-state index in [1.54, 1.807) is 36.4 Å². The number of rotatable bonds is 4. The Morgan fingerprint density at radius 1 is 1.20 bits per heavy atom. The summed E-state index contributed by atoms with van der Waals surface area (Å²) in [6.07, 6.45) is 2.56. The van der Waals surface area contributed by atoms with Crippen molar-refractivity contribution in [3.8, 4) is 11.3 Å². The maximum Gasteiger partial charge on any atom is 0.256 e. The highest BCUT2D eigenvalue weighted by Gasteiger charge is 2.24. The minimum Gasteiger partial charge on any atom is -0.305 e. The van der Waals surface area contributed by atoms with E-state index in [4.69, 9.17) is 0 Å². The fourth-order valence-electron chi connectivity index (χ4n) is 3.61. The van der Waals surface area contributed by atoms with E-state index in [2.05, 4.69) is 15.5 Å². The van der Waals surface area contributed by atoms with Crippen LogP contribution in [0.5, 0.6) is 0 Å². The minimum absolute atomic E-state index is 0.270.